The number of rotatable bonds is 6. The largest absolute Gasteiger partial charge is 0.480 e. The summed E-state index contributed by atoms with van der Waals surface area (Å²) in [5.41, 5.74) is 2.42. The lowest BCUT2D eigenvalue weighted by molar-refractivity contribution is -0.138. The first kappa shape index (κ1) is 26.0. The Labute approximate surface area is 233 Å². The van der Waals surface area contributed by atoms with Gasteiger partial charge >= 0.3 is 5.97 Å². The molecule has 1 aromatic heterocycles. The molecule has 5 fully saturated rings. The van der Waals surface area contributed by atoms with Crippen LogP contribution < -0.4 is 0 Å². The van der Waals surface area contributed by atoms with Crippen molar-refractivity contribution < 1.29 is 9.90 Å². The van der Waals surface area contributed by atoms with Crippen LogP contribution in [-0.2, 0) is 11.3 Å². The van der Waals surface area contributed by atoms with Crippen molar-refractivity contribution >= 4 is 17.0 Å². The molecule has 212 valence electrons. The van der Waals surface area contributed by atoms with Gasteiger partial charge in [0.05, 0.1) is 24.1 Å². The third kappa shape index (κ3) is 5.15. The van der Waals surface area contributed by atoms with Gasteiger partial charge in [-0.2, -0.15) is 0 Å². The first-order chi connectivity index (χ1) is 19.0. The number of nitrogens with zero attached hydrogens (tertiary/aromatic N) is 5. The first-order valence-corrected chi connectivity index (χ1v) is 15.9. The lowest BCUT2D eigenvalue weighted by atomic mass is 9.67. The maximum atomic E-state index is 11.2. The molecule has 39 heavy (non-hydrogen) atoms. The van der Waals surface area contributed by atoms with E-state index in [4.69, 9.17) is 4.98 Å². The summed E-state index contributed by atoms with van der Waals surface area (Å²) < 4.78 is 2.64. The van der Waals surface area contributed by atoms with Crippen molar-refractivity contribution in [2.45, 2.75) is 102 Å². The molecule has 7 nitrogen and oxygen atoms in total. The van der Waals surface area contributed by atoms with Gasteiger partial charge in [0, 0.05) is 50.3 Å². The van der Waals surface area contributed by atoms with Crippen molar-refractivity contribution in [3.05, 3.63) is 30.1 Å². The molecular formula is C32H47N5O2. The second kappa shape index (κ2) is 10.8. The van der Waals surface area contributed by atoms with E-state index in [1.807, 2.05) is 0 Å². The van der Waals surface area contributed by atoms with Gasteiger partial charge in [0.2, 0.25) is 0 Å². The van der Waals surface area contributed by atoms with Crippen LogP contribution in [-0.4, -0.2) is 86.2 Å². The number of para-hydroxylation sites is 2. The van der Waals surface area contributed by atoms with Crippen LogP contribution in [0.2, 0.25) is 0 Å². The zero-order chi connectivity index (χ0) is 26.5. The van der Waals surface area contributed by atoms with E-state index in [0.717, 1.165) is 62.0 Å². The number of piperidine rings is 2. The highest BCUT2D eigenvalue weighted by atomic mass is 16.4. The zero-order valence-electron chi connectivity index (χ0n) is 23.8. The molecule has 0 spiro atoms. The molecule has 4 bridgehead atoms. The summed E-state index contributed by atoms with van der Waals surface area (Å²) in [6, 6.07) is 11.5. The van der Waals surface area contributed by atoms with Gasteiger partial charge in [-0.1, -0.05) is 38.3 Å². The Morgan fingerprint density at radius 3 is 2.38 bits per heavy atom. The van der Waals surface area contributed by atoms with Crippen molar-refractivity contribution in [1.29, 1.82) is 0 Å². The molecule has 2 aromatic rings. The Morgan fingerprint density at radius 1 is 0.872 bits per heavy atom. The van der Waals surface area contributed by atoms with Gasteiger partial charge in [0.25, 0.3) is 0 Å². The fraction of sp³-hybridized carbons (Fsp3) is 0.750. The van der Waals surface area contributed by atoms with E-state index in [0.29, 0.717) is 18.1 Å². The van der Waals surface area contributed by atoms with E-state index in [1.165, 1.54) is 75.5 Å². The van der Waals surface area contributed by atoms with Gasteiger partial charge < -0.3 is 9.67 Å². The molecule has 7 heteroatoms. The van der Waals surface area contributed by atoms with Crippen LogP contribution in [0.15, 0.2) is 24.3 Å². The third-order valence-electron chi connectivity index (χ3n) is 11.2. The predicted molar refractivity (Wildman–Crippen MR) is 154 cm³/mol. The summed E-state index contributed by atoms with van der Waals surface area (Å²) in [5.74, 6) is 3.21. The fourth-order valence-electron chi connectivity index (χ4n) is 9.47. The first-order valence-electron chi connectivity index (χ1n) is 15.9. The number of hydrogen-bond donors (Lipinski definition) is 1. The van der Waals surface area contributed by atoms with Crippen LogP contribution in [0.25, 0.3) is 11.0 Å². The predicted octanol–water partition coefficient (Wildman–Crippen LogP) is 5.01. The molecule has 0 amide bonds. The SMILES string of the molecule is C[C@H]1CC[C@@H]2C[C@H](n3c(CN4CCN(CC(=O)O)CC4)nc4ccccc43)C[C@H]1N2[C@H]1C[C@@H]2CCC[C@@H](C2)C1. The average Bonchev–Trinajstić information content (AvgIpc) is 3.29. The van der Waals surface area contributed by atoms with Crippen LogP contribution in [0.5, 0.6) is 0 Å². The minimum absolute atomic E-state index is 0.147. The summed E-state index contributed by atoms with van der Waals surface area (Å²) in [4.78, 5) is 24.0. The Kier molecular flexibility index (Phi) is 7.19. The smallest absolute Gasteiger partial charge is 0.317 e. The Hall–Kier alpha value is -1.96. The number of imidazole rings is 1. The molecule has 3 saturated heterocycles. The van der Waals surface area contributed by atoms with Crippen molar-refractivity contribution in [1.82, 2.24) is 24.3 Å². The quantitative estimate of drug-likeness (QED) is 0.563. The van der Waals surface area contributed by atoms with Gasteiger partial charge in [-0.25, -0.2) is 4.98 Å². The van der Waals surface area contributed by atoms with Gasteiger partial charge in [-0.05, 0) is 74.8 Å². The topological polar surface area (TPSA) is 64.8 Å². The Morgan fingerprint density at radius 2 is 1.62 bits per heavy atom. The van der Waals surface area contributed by atoms with Gasteiger partial charge in [-0.15, -0.1) is 0 Å². The highest BCUT2D eigenvalue weighted by molar-refractivity contribution is 5.76. The number of piperazine rings is 1. The van der Waals surface area contributed by atoms with E-state index in [-0.39, 0.29) is 6.54 Å². The van der Waals surface area contributed by atoms with Crippen molar-refractivity contribution in [2.75, 3.05) is 32.7 Å². The number of aliphatic carboxylic acids is 1. The molecule has 7 atom stereocenters. The minimum Gasteiger partial charge on any atom is -0.480 e. The summed E-state index contributed by atoms with van der Waals surface area (Å²) in [6.07, 6.45) is 14.1. The number of hydrogen-bond acceptors (Lipinski definition) is 5. The van der Waals surface area contributed by atoms with Crippen LogP contribution in [0.4, 0.5) is 0 Å². The molecule has 7 rings (SSSR count). The summed E-state index contributed by atoms with van der Waals surface area (Å²) in [6.45, 7) is 6.97. The summed E-state index contributed by atoms with van der Waals surface area (Å²) >= 11 is 0. The molecule has 1 aromatic carbocycles. The van der Waals surface area contributed by atoms with Gasteiger partial charge in [0.15, 0.2) is 0 Å². The number of benzene rings is 1. The Bertz CT molecular complexity index is 1160. The van der Waals surface area contributed by atoms with Crippen LogP contribution in [0, 0.1) is 17.8 Å². The van der Waals surface area contributed by atoms with E-state index in [9.17, 15) is 9.90 Å². The number of carbonyl (C=O) groups is 1. The minimum atomic E-state index is -0.729. The maximum absolute atomic E-state index is 11.2. The maximum Gasteiger partial charge on any atom is 0.317 e. The molecule has 5 aliphatic rings. The summed E-state index contributed by atoms with van der Waals surface area (Å²) in [5, 5.41) is 9.19. The molecule has 0 unspecified atom stereocenters. The Balaban J connectivity index is 1.13. The van der Waals surface area contributed by atoms with E-state index in [2.05, 4.69) is 50.5 Å². The molecular weight excluding hydrogens is 486 g/mol. The molecule has 4 heterocycles. The lowest BCUT2D eigenvalue weighted by Crippen LogP contribution is -2.60. The van der Waals surface area contributed by atoms with Crippen molar-refractivity contribution in [3.8, 4) is 0 Å². The van der Waals surface area contributed by atoms with Crippen molar-refractivity contribution in [2.24, 2.45) is 17.8 Å². The van der Waals surface area contributed by atoms with Gasteiger partial charge in [0.1, 0.15) is 5.82 Å². The molecule has 0 radical (unpaired) electrons. The standard InChI is InChI=1S/C32H47N5O2/c1-22-9-10-25-18-27(19-30(22)36(25)26-16-23-5-4-6-24(15-23)17-26)37-29-8-3-2-7-28(29)33-31(37)20-34-11-13-35(14-12-34)21-32(38)39/h2-3,7-8,22-27,30H,4-6,9-21H2,1H3,(H,38,39)/t22-,23-,24+,25+,26+,27-,30+/m0/s1. The molecule has 2 saturated carbocycles. The number of carboxylic acid groups (broad SMARTS) is 1. The number of aromatic nitrogens is 2. The highest BCUT2D eigenvalue weighted by Crippen LogP contribution is 2.49. The zero-order valence-corrected chi connectivity index (χ0v) is 23.8. The second-order valence-corrected chi connectivity index (χ2v) is 13.7. The highest BCUT2D eigenvalue weighted by Gasteiger charge is 2.47. The molecule has 2 aliphatic carbocycles. The lowest BCUT2D eigenvalue weighted by Gasteiger charge is -2.57. The normalized spacial score (nSPS) is 36.3. The van der Waals surface area contributed by atoms with E-state index >= 15 is 0 Å². The average molecular weight is 534 g/mol. The van der Waals surface area contributed by atoms with Gasteiger partial charge in [-0.3, -0.25) is 19.5 Å². The summed E-state index contributed by atoms with van der Waals surface area (Å²) in [7, 11) is 0. The van der Waals surface area contributed by atoms with E-state index < -0.39 is 5.97 Å². The third-order valence-corrected chi connectivity index (χ3v) is 11.2. The number of fused-ring (bicyclic) bond motifs is 5. The van der Waals surface area contributed by atoms with Crippen LogP contribution >= 0.6 is 0 Å². The second-order valence-electron chi connectivity index (χ2n) is 13.7. The van der Waals surface area contributed by atoms with Crippen LogP contribution in [0.1, 0.15) is 83.0 Å². The molecule has 1 N–H and O–H groups in total. The fourth-order valence-corrected chi connectivity index (χ4v) is 9.47. The monoisotopic (exact) mass is 533 g/mol. The van der Waals surface area contributed by atoms with Crippen LogP contribution in [0.3, 0.4) is 0 Å². The van der Waals surface area contributed by atoms with E-state index in [1.54, 1.807) is 0 Å². The number of carboxylic acids is 1. The van der Waals surface area contributed by atoms with Crippen molar-refractivity contribution in [3.63, 3.8) is 0 Å². The molecule has 3 aliphatic heterocycles.